The minimum atomic E-state index is -1.34. The Labute approximate surface area is 157 Å². The number of hydrogen-bond acceptors (Lipinski definition) is 3. The second kappa shape index (κ2) is 6.62. The summed E-state index contributed by atoms with van der Waals surface area (Å²) < 4.78 is 17.1. The van der Waals surface area contributed by atoms with Crippen molar-refractivity contribution >= 4 is 5.91 Å². The third kappa shape index (κ3) is 3.42. The Morgan fingerprint density at radius 1 is 1.33 bits per heavy atom. The van der Waals surface area contributed by atoms with Gasteiger partial charge in [-0.1, -0.05) is 29.8 Å². The lowest BCUT2D eigenvalue weighted by molar-refractivity contribution is -0.134. The van der Waals surface area contributed by atoms with Gasteiger partial charge in [-0.25, -0.2) is 13.9 Å². The molecule has 7 heteroatoms. The molecule has 1 aromatic carbocycles. The van der Waals surface area contributed by atoms with Gasteiger partial charge in [0.25, 0.3) is 0 Å². The minimum Gasteiger partial charge on any atom is -0.338 e. The minimum absolute atomic E-state index is 0.101. The largest absolute Gasteiger partial charge is 0.346 e. The van der Waals surface area contributed by atoms with Crippen LogP contribution < -0.4 is 5.69 Å². The molecular formula is C20H25FN4O2. The van der Waals surface area contributed by atoms with Crippen LogP contribution in [0.15, 0.2) is 29.1 Å². The molecular weight excluding hydrogens is 347 g/mol. The molecule has 1 unspecified atom stereocenters. The van der Waals surface area contributed by atoms with Crippen LogP contribution in [-0.2, 0) is 17.8 Å². The summed E-state index contributed by atoms with van der Waals surface area (Å²) in [5.74, 6) is 0.494. The molecule has 2 aliphatic heterocycles. The number of aryl methyl sites for hydroxylation is 2. The number of carbonyl (C=O) groups excluding carboxylic acids is 1. The first-order valence-corrected chi connectivity index (χ1v) is 9.55. The summed E-state index contributed by atoms with van der Waals surface area (Å²) in [6.45, 7) is 4.43. The highest BCUT2D eigenvalue weighted by Crippen LogP contribution is 2.30. The topological polar surface area (TPSA) is 60.1 Å². The zero-order chi connectivity index (χ0) is 19.2. The number of amides is 1. The summed E-state index contributed by atoms with van der Waals surface area (Å²) in [6.07, 6.45) is 2.43. The maximum atomic E-state index is 14.2. The van der Waals surface area contributed by atoms with Gasteiger partial charge < -0.3 is 4.90 Å². The van der Waals surface area contributed by atoms with Crippen LogP contribution >= 0.6 is 0 Å². The monoisotopic (exact) mass is 372 g/mol. The van der Waals surface area contributed by atoms with Gasteiger partial charge in [-0.3, -0.25) is 9.36 Å². The van der Waals surface area contributed by atoms with Gasteiger partial charge in [-0.15, -0.1) is 0 Å². The number of nitrogens with zero attached hydrogens (tertiary/aromatic N) is 4. The molecule has 0 aliphatic carbocycles. The van der Waals surface area contributed by atoms with Gasteiger partial charge >= 0.3 is 5.69 Å². The van der Waals surface area contributed by atoms with Crippen LogP contribution in [0.1, 0.15) is 49.2 Å². The van der Waals surface area contributed by atoms with Gasteiger partial charge in [0.2, 0.25) is 5.91 Å². The van der Waals surface area contributed by atoms with E-state index in [1.54, 1.807) is 4.90 Å². The Morgan fingerprint density at radius 2 is 2.07 bits per heavy atom. The molecule has 1 amide bonds. The van der Waals surface area contributed by atoms with Crippen LogP contribution in [0.5, 0.6) is 0 Å². The van der Waals surface area contributed by atoms with Crippen LogP contribution in [0.3, 0.4) is 0 Å². The molecule has 1 aromatic heterocycles. The summed E-state index contributed by atoms with van der Waals surface area (Å²) in [6, 6.07) is 7.40. The number of fused-ring (bicyclic) bond motifs is 1. The van der Waals surface area contributed by atoms with E-state index in [9.17, 15) is 14.0 Å². The molecule has 4 rings (SSSR count). The van der Waals surface area contributed by atoms with Crippen molar-refractivity contribution in [2.24, 2.45) is 0 Å². The molecule has 0 bridgehead atoms. The lowest BCUT2D eigenvalue weighted by atomic mass is 10.0. The summed E-state index contributed by atoms with van der Waals surface area (Å²) in [7, 11) is 0. The van der Waals surface area contributed by atoms with Crippen molar-refractivity contribution < 1.29 is 9.18 Å². The normalized spacial score (nSPS) is 24.9. The first kappa shape index (κ1) is 17.9. The SMILES string of the molecule is Cc1ccc(Cn2nc3n(c2=O)[C@H](C(=O)N2CCC(C)(F)C2)CCC3)cc1. The third-order valence-corrected chi connectivity index (χ3v) is 5.60. The van der Waals surface area contributed by atoms with Crippen molar-refractivity contribution in [3.05, 3.63) is 51.7 Å². The highest BCUT2D eigenvalue weighted by Gasteiger charge is 2.40. The van der Waals surface area contributed by atoms with E-state index in [0.29, 0.717) is 38.2 Å². The molecule has 2 aliphatic rings. The smallest absolute Gasteiger partial charge is 0.338 e. The molecule has 2 aromatic rings. The Hall–Kier alpha value is -2.44. The van der Waals surface area contributed by atoms with E-state index in [4.69, 9.17) is 0 Å². The number of carbonyl (C=O) groups is 1. The fraction of sp³-hybridized carbons (Fsp3) is 0.550. The average Bonchev–Trinajstić information content (AvgIpc) is 3.16. The molecule has 144 valence electrons. The lowest BCUT2D eigenvalue weighted by Gasteiger charge is -2.27. The second-order valence-corrected chi connectivity index (χ2v) is 8.04. The van der Waals surface area contributed by atoms with Crippen LogP contribution in [-0.4, -0.2) is 43.9 Å². The molecule has 0 saturated carbocycles. The van der Waals surface area contributed by atoms with E-state index >= 15 is 0 Å². The number of alkyl halides is 1. The van der Waals surface area contributed by atoms with Crippen molar-refractivity contribution in [3.8, 4) is 0 Å². The van der Waals surface area contributed by atoms with Crippen molar-refractivity contribution in [2.45, 2.75) is 57.8 Å². The Balaban J connectivity index is 1.61. The summed E-state index contributed by atoms with van der Waals surface area (Å²) >= 11 is 0. The van der Waals surface area contributed by atoms with Crippen LogP contribution in [0.25, 0.3) is 0 Å². The predicted molar refractivity (Wildman–Crippen MR) is 99.5 cm³/mol. The third-order valence-electron chi connectivity index (χ3n) is 5.60. The van der Waals surface area contributed by atoms with E-state index in [1.807, 2.05) is 31.2 Å². The van der Waals surface area contributed by atoms with E-state index in [1.165, 1.54) is 16.2 Å². The van der Waals surface area contributed by atoms with Crippen molar-refractivity contribution in [2.75, 3.05) is 13.1 Å². The van der Waals surface area contributed by atoms with Gasteiger partial charge in [0.1, 0.15) is 17.5 Å². The zero-order valence-electron chi connectivity index (χ0n) is 15.8. The molecule has 1 fully saturated rings. The van der Waals surface area contributed by atoms with Crippen LogP contribution in [0, 0.1) is 6.92 Å². The maximum absolute atomic E-state index is 14.2. The summed E-state index contributed by atoms with van der Waals surface area (Å²) in [4.78, 5) is 27.5. The number of halogens is 1. The van der Waals surface area contributed by atoms with E-state index in [0.717, 1.165) is 17.5 Å². The Bertz CT molecular complexity index is 913. The summed E-state index contributed by atoms with van der Waals surface area (Å²) in [5.41, 5.74) is 0.555. The van der Waals surface area contributed by atoms with Crippen molar-refractivity contribution in [3.63, 3.8) is 0 Å². The van der Waals surface area contributed by atoms with Crippen LogP contribution in [0.2, 0.25) is 0 Å². The van der Waals surface area contributed by atoms with Gasteiger partial charge in [0.15, 0.2) is 0 Å². The van der Waals surface area contributed by atoms with E-state index < -0.39 is 11.7 Å². The molecule has 3 heterocycles. The second-order valence-electron chi connectivity index (χ2n) is 8.04. The number of hydrogen-bond donors (Lipinski definition) is 0. The number of rotatable bonds is 3. The fourth-order valence-electron chi connectivity index (χ4n) is 4.06. The molecule has 0 N–H and O–H groups in total. The van der Waals surface area contributed by atoms with Crippen LogP contribution in [0.4, 0.5) is 4.39 Å². The lowest BCUT2D eigenvalue weighted by Crippen LogP contribution is -2.42. The quantitative estimate of drug-likeness (QED) is 0.830. The molecule has 1 saturated heterocycles. The van der Waals surface area contributed by atoms with E-state index in [-0.39, 0.29) is 18.1 Å². The first-order valence-electron chi connectivity index (χ1n) is 9.55. The highest BCUT2D eigenvalue weighted by molar-refractivity contribution is 5.81. The average molecular weight is 372 g/mol. The van der Waals surface area contributed by atoms with Gasteiger partial charge in [-0.2, -0.15) is 5.10 Å². The first-order chi connectivity index (χ1) is 12.8. The Morgan fingerprint density at radius 3 is 2.74 bits per heavy atom. The maximum Gasteiger partial charge on any atom is 0.346 e. The van der Waals surface area contributed by atoms with Gasteiger partial charge in [0.05, 0.1) is 13.1 Å². The van der Waals surface area contributed by atoms with Gasteiger partial charge in [-0.05, 0) is 32.3 Å². The number of likely N-dealkylation sites (tertiary alicyclic amines) is 1. The molecule has 27 heavy (non-hydrogen) atoms. The molecule has 6 nitrogen and oxygen atoms in total. The number of aromatic nitrogens is 3. The molecule has 2 atom stereocenters. The molecule has 0 spiro atoms. The fourth-order valence-corrected chi connectivity index (χ4v) is 4.06. The van der Waals surface area contributed by atoms with E-state index in [2.05, 4.69) is 5.10 Å². The molecule has 0 radical (unpaired) electrons. The van der Waals surface area contributed by atoms with Crippen molar-refractivity contribution in [1.82, 2.24) is 19.2 Å². The van der Waals surface area contributed by atoms with Gasteiger partial charge in [0, 0.05) is 19.4 Å². The Kier molecular flexibility index (Phi) is 4.40. The standard InChI is InChI=1S/C20H25FN4O2/c1-14-6-8-15(9-7-14)12-24-19(27)25-16(4-3-5-17(25)22-24)18(26)23-11-10-20(2,21)13-23/h6-9,16H,3-5,10-13H2,1-2H3/t16-,20?/m0/s1. The number of benzene rings is 1. The predicted octanol–water partition coefficient (Wildman–Crippen LogP) is 2.24. The summed E-state index contributed by atoms with van der Waals surface area (Å²) in [5, 5.41) is 4.48. The van der Waals surface area contributed by atoms with Crippen molar-refractivity contribution in [1.29, 1.82) is 0 Å². The zero-order valence-corrected chi connectivity index (χ0v) is 15.8. The highest BCUT2D eigenvalue weighted by atomic mass is 19.1.